The van der Waals surface area contributed by atoms with E-state index < -0.39 is 11.7 Å². The Morgan fingerprint density at radius 2 is 1.40 bits per heavy atom. The summed E-state index contributed by atoms with van der Waals surface area (Å²) in [6, 6.07) is 34.4. The van der Waals surface area contributed by atoms with Crippen LogP contribution < -0.4 is 0 Å². The summed E-state index contributed by atoms with van der Waals surface area (Å²) in [5.41, 5.74) is 9.78. The molecule has 0 radical (unpaired) electrons. The molecule has 48 heavy (non-hydrogen) atoms. The van der Waals surface area contributed by atoms with Crippen LogP contribution >= 0.6 is 0 Å². The van der Waals surface area contributed by atoms with Gasteiger partial charge in [0.1, 0.15) is 0 Å². The van der Waals surface area contributed by atoms with Crippen molar-refractivity contribution in [3.8, 4) is 11.1 Å². The van der Waals surface area contributed by atoms with E-state index in [1.807, 2.05) is 54.6 Å². The standard InChI is InChI=1S/C21H25.C18H11F3.C5H5.Zr/c1-20(2,3)16-9-7-14-11-15-8-10-17(21(4,5)6)13-19(15)18(14)12-16;19-18(20,21)16-9-3-5-13(12-16)11-15-8-4-7-14-6-1-2-10-17(14)15;1-2-4-5-3-1;/h7,9-10,12-13H,11H2,1-6H3;1-10,12H;1-3H,4H2;/q-1;;-1;+2. The molecule has 5 aromatic rings. The SMILES string of the molecule is CC(C)(C)c1c[c-]c2c(c1)-c1cc(C(C)(C)C)ccc1C2.FC(F)(F)c1cccc([C](=[Zr+2])c2cccc3ccccc23)c1.[C-]1=CC=CC1. The number of benzene rings is 5. The van der Waals surface area contributed by atoms with Crippen LogP contribution in [0.3, 0.4) is 0 Å². The Morgan fingerprint density at radius 3 is 2.04 bits per heavy atom. The van der Waals surface area contributed by atoms with E-state index in [1.165, 1.54) is 45.5 Å². The van der Waals surface area contributed by atoms with Gasteiger partial charge < -0.3 is 0 Å². The molecule has 0 unspecified atom stereocenters. The van der Waals surface area contributed by atoms with E-state index in [0.29, 0.717) is 5.56 Å². The Bertz CT molecular complexity index is 1920. The number of hydrogen-bond acceptors (Lipinski definition) is 0. The van der Waals surface area contributed by atoms with Gasteiger partial charge in [-0.15, -0.1) is 12.0 Å². The van der Waals surface area contributed by atoms with Crippen LogP contribution in [-0.2, 0) is 47.7 Å². The average molecular weight is 718 g/mol. The summed E-state index contributed by atoms with van der Waals surface area (Å²) >= 11 is 1.09. The van der Waals surface area contributed by atoms with Crippen LogP contribution in [0.1, 0.15) is 86.9 Å². The first kappa shape index (κ1) is 35.7. The zero-order chi connectivity index (χ0) is 34.7. The van der Waals surface area contributed by atoms with Gasteiger partial charge in [-0.3, -0.25) is 6.08 Å². The van der Waals surface area contributed by atoms with Crippen molar-refractivity contribution in [2.75, 3.05) is 0 Å². The third-order valence-corrected chi connectivity index (χ3v) is 10.0. The summed E-state index contributed by atoms with van der Waals surface area (Å²) in [5, 5.41) is 2.15. The summed E-state index contributed by atoms with van der Waals surface area (Å²) < 4.78 is 39.6. The predicted molar refractivity (Wildman–Crippen MR) is 191 cm³/mol. The molecular formula is C44H41F3Zr. The molecule has 2 aliphatic rings. The second kappa shape index (κ2) is 14.5. The second-order valence-corrected chi connectivity index (χ2v) is 15.5. The second-order valence-electron chi connectivity index (χ2n) is 14.3. The monoisotopic (exact) mass is 716 g/mol. The summed E-state index contributed by atoms with van der Waals surface area (Å²) in [6.07, 6.45) is 6.71. The van der Waals surface area contributed by atoms with E-state index in [9.17, 15) is 13.2 Å². The van der Waals surface area contributed by atoms with Crippen LogP contribution in [0.15, 0.2) is 115 Å². The van der Waals surface area contributed by atoms with Crippen LogP contribution in [-0.4, -0.2) is 3.21 Å². The van der Waals surface area contributed by atoms with Crippen LogP contribution in [0.5, 0.6) is 0 Å². The number of hydrogen-bond donors (Lipinski definition) is 0. The zero-order valence-electron chi connectivity index (χ0n) is 28.5. The minimum atomic E-state index is -4.31. The number of rotatable bonds is 2. The van der Waals surface area contributed by atoms with Gasteiger partial charge in [0.25, 0.3) is 0 Å². The van der Waals surface area contributed by atoms with E-state index in [2.05, 4.69) is 90.1 Å². The molecule has 4 heteroatoms. The van der Waals surface area contributed by atoms with Gasteiger partial charge >= 0.3 is 141 Å². The van der Waals surface area contributed by atoms with Gasteiger partial charge in [-0.2, -0.15) is 35.4 Å². The molecule has 0 fully saturated rings. The molecule has 0 nitrogen and oxygen atoms in total. The van der Waals surface area contributed by atoms with E-state index in [-0.39, 0.29) is 10.8 Å². The molecule has 0 amide bonds. The van der Waals surface area contributed by atoms with Gasteiger partial charge in [0, 0.05) is 0 Å². The minimum Gasteiger partial charge on any atom is -0.273 e. The molecule has 0 heterocycles. The molecule has 7 rings (SSSR count). The summed E-state index contributed by atoms with van der Waals surface area (Å²) in [7, 11) is 0. The van der Waals surface area contributed by atoms with Crippen LogP contribution in [0.4, 0.5) is 13.2 Å². The fourth-order valence-electron chi connectivity index (χ4n) is 5.77. The molecule has 0 N–H and O–H groups in total. The molecule has 242 valence electrons. The first-order valence-electron chi connectivity index (χ1n) is 16.3. The fraction of sp³-hybridized carbons (Fsp3) is 0.250. The topological polar surface area (TPSA) is 0 Å². The molecule has 0 saturated heterocycles. The Labute approximate surface area is 298 Å². The quantitative estimate of drug-likeness (QED) is 0.156. The Kier molecular flexibility index (Phi) is 10.8. The van der Waals surface area contributed by atoms with Gasteiger partial charge in [-0.05, 0) is 17.4 Å². The number of allylic oxidation sites excluding steroid dienone is 4. The van der Waals surface area contributed by atoms with Gasteiger partial charge in [-0.1, -0.05) is 76.3 Å². The molecule has 0 atom stereocenters. The van der Waals surface area contributed by atoms with Crippen molar-refractivity contribution in [3.05, 3.63) is 166 Å². The van der Waals surface area contributed by atoms with Crippen LogP contribution in [0.2, 0.25) is 0 Å². The Morgan fingerprint density at radius 1 is 0.708 bits per heavy atom. The summed E-state index contributed by atoms with van der Waals surface area (Å²) in [6.45, 7) is 13.6. The average Bonchev–Trinajstić information content (AvgIpc) is 3.75. The van der Waals surface area contributed by atoms with Gasteiger partial charge in [0.05, 0.1) is 0 Å². The van der Waals surface area contributed by atoms with Crippen molar-refractivity contribution < 1.29 is 37.4 Å². The Hall–Kier alpha value is -3.62. The van der Waals surface area contributed by atoms with Gasteiger partial charge in [0.15, 0.2) is 0 Å². The maximum absolute atomic E-state index is 12.9. The molecule has 0 aliphatic heterocycles. The maximum Gasteiger partial charge on any atom is -0.109 e. The van der Waals surface area contributed by atoms with Crippen molar-refractivity contribution in [1.29, 1.82) is 0 Å². The van der Waals surface area contributed by atoms with Crippen LogP contribution in [0, 0.1) is 12.1 Å². The summed E-state index contributed by atoms with van der Waals surface area (Å²) in [5.74, 6) is 0. The largest absolute Gasteiger partial charge is 0.273 e. The third-order valence-electron chi connectivity index (χ3n) is 8.65. The third kappa shape index (κ3) is 8.50. The van der Waals surface area contributed by atoms with E-state index in [0.717, 1.165) is 62.7 Å². The molecule has 0 bridgehead atoms. The normalized spacial score (nSPS) is 13.3. The zero-order valence-corrected chi connectivity index (χ0v) is 31.0. The van der Waals surface area contributed by atoms with E-state index >= 15 is 0 Å². The van der Waals surface area contributed by atoms with Gasteiger partial charge in [-0.25, -0.2) is 12.2 Å². The van der Waals surface area contributed by atoms with Crippen LogP contribution in [0.25, 0.3) is 21.9 Å². The Balaban J connectivity index is 0.000000164. The number of fused-ring (bicyclic) bond motifs is 4. The van der Waals surface area contributed by atoms with Crippen molar-refractivity contribution in [2.45, 2.75) is 71.4 Å². The molecule has 2 aliphatic carbocycles. The smallest absolute Gasteiger partial charge is 0.109 e. The van der Waals surface area contributed by atoms with E-state index in [1.54, 1.807) is 6.07 Å². The number of alkyl halides is 3. The van der Waals surface area contributed by atoms with E-state index in [4.69, 9.17) is 0 Å². The molecule has 5 aromatic carbocycles. The molecular weight excluding hydrogens is 677 g/mol. The minimum absolute atomic E-state index is 0.177. The molecule has 0 aromatic heterocycles. The van der Waals surface area contributed by atoms with Crippen molar-refractivity contribution >= 4 is 14.0 Å². The van der Waals surface area contributed by atoms with Crippen molar-refractivity contribution in [2.24, 2.45) is 0 Å². The van der Waals surface area contributed by atoms with Gasteiger partial charge in [0.2, 0.25) is 0 Å². The first-order chi connectivity index (χ1) is 22.6. The molecule has 0 spiro atoms. The number of halogens is 3. The predicted octanol–water partition coefficient (Wildman–Crippen LogP) is 11.9. The van der Waals surface area contributed by atoms with Crippen molar-refractivity contribution in [1.82, 2.24) is 0 Å². The maximum atomic E-state index is 12.9. The molecule has 0 saturated carbocycles. The summed E-state index contributed by atoms with van der Waals surface area (Å²) in [4.78, 5) is 0. The fourth-order valence-corrected chi connectivity index (χ4v) is 6.69. The van der Waals surface area contributed by atoms with Crippen molar-refractivity contribution in [3.63, 3.8) is 0 Å². The first-order valence-corrected chi connectivity index (χ1v) is 17.5.